The maximum Gasteiger partial charge on any atom is 0.326 e. The molecule has 0 saturated heterocycles. The standard InChI is InChI=1S/C15H20N2O3/c16-15(8-4-5-9-15)14(20)17-12(13(18)19)10-11-6-2-1-3-7-11/h1-3,6-7,12H,4-5,8-10,16H2,(H,17,20)(H,18,19). The number of nitrogens with one attached hydrogen (secondary N) is 1. The molecule has 1 aromatic carbocycles. The van der Waals surface area contributed by atoms with E-state index in [1.165, 1.54) is 0 Å². The van der Waals surface area contributed by atoms with Crippen molar-refractivity contribution < 1.29 is 14.7 Å². The molecule has 5 nitrogen and oxygen atoms in total. The first-order valence-electron chi connectivity index (χ1n) is 6.88. The van der Waals surface area contributed by atoms with Crippen molar-refractivity contribution >= 4 is 11.9 Å². The second kappa shape index (κ2) is 6.05. The molecule has 1 aliphatic rings. The van der Waals surface area contributed by atoms with Crippen molar-refractivity contribution in [2.75, 3.05) is 0 Å². The van der Waals surface area contributed by atoms with Gasteiger partial charge in [-0.15, -0.1) is 0 Å². The normalized spacial score (nSPS) is 18.4. The lowest BCUT2D eigenvalue weighted by Gasteiger charge is -2.25. The van der Waals surface area contributed by atoms with E-state index in [1.54, 1.807) is 0 Å². The largest absolute Gasteiger partial charge is 0.480 e. The molecule has 0 aromatic heterocycles. The number of nitrogens with two attached hydrogens (primary N) is 1. The molecule has 0 radical (unpaired) electrons. The molecule has 1 aliphatic carbocycles. The number of amides is 1. The second-order valence-electron chi connectivity index (χ2n) is 5.42. The van der Waals surface area contributed by atoms with Gasteiger partial charge in [-0.25, -0.2) is 4.79 Å². The van der Waals surface area contributed by atoms with Crippen molar-refractivity contribution in [3.8, 4) is 0 Å². The lowest BCUT2D eigenvalue weighted by molar-refractivity contribution is -0.142. The zero-order valence-corrected chi connectivity index (χ0v) is 11.3. The number of carboxylic acid groups (broad SMARTS) is 1. The minimum Gasteiger partial charge on any atom is -0.480 e. The van der Waals surface area contributed by atoms with Crippen molar-refractivity contribution in [3.05, 3.63) is 35.9 Å². The summed E-state index contributed by atoms with van der Waals surface area (Å²) in [6, 6.07) is 8.30. The van der Waals surface area contributed by atoms with Gasteiger partial charge in [0.1, 0.15) is 6.04 Å². The van der Waals surface area contributed by atoms with Gasteiger partial charge in [-0.2, -0.15) is 0 Å². The van der Waals surface area contributed by atoms with E-state index < -0.39 is 17.6 Å². The number of rotatable bonds is 5. The molecule has 1 atom stereocenters. The van der Waals surface area contributed by atoms with Crippen molar-refractivity contribution in [2.45, 2.75) is 43.7 Å². The first-order valence-corrected chi connectivity index (χ1v) is 6.88. The number of benzene rings is 1. The summed E-state index contributed by atoms with van der Waals surface area (Å²) in [6.45, 7) is 0. The van der Waals surface area contributed by atoms with E-state index in [2.05, 4.69) is 5.32 Å². The number of carboxylic acids is 1. The smallest absolute Gasteiger partial charge is 0.326 e. The maximum absolute atomic E-state index is 12.2. The molecule has 1 saturated carbocycles. The number of hydrogen-bond acceptors (Lipinski definition) is 3. The Morgan fingerprint density at radius 3 is 2.40 bits per heavy atom. The Labute approximate surface area is 118 Å². The molecule has 1 fully saturated rings. The Bertz CT molecular complexity index is 481. The minimum atomic E-state index is -1.04. The third kappa shape index (κ3) is 3.36. The van der Waals surface area contributed by atoms with Crippen LogP contribution in [0.4, 0.5) is 0 Å². The minimum absolute atomic E-state index is 0.262. The molecular weight excluding hydrogens is 256 g/mol. The summed E-state index contributed by atoms with van der Waals surface area (Å²) in [5.74, 6) is -1.39. The summed E-state index contributed by atoms with van der Waals surface area (Å²) in [6.07, 6.45) is 3.34. The van der Waals surface area contributed by atoms with Crippen LogP contribution >= 0.6 is 0 Å². The quantitative estimate of drug-likeness (QED) is 0.750. The Kier molecular flexibility index (Phi) is 4.39. The highest BCUT2D eigenvalue weighted by Crippen LogP contribution is 2.27. The van der Waals surface area contributed by atoms with Gasteiger partial charge in [-0.1, -0.05) is 43.2 Å². The van der Waals surface area contributed by atoms with E-state index >= 15 is 0 Å². The van der Waals surface area contributed by atoms with Crippen LogP contribution in [0.1, 0.15) is 31.2 Å². The summed E-state index contributed by atoms with van der Waals surface area (Å²) in [7, 11) is 0. The summed E-state index contributed by atoms with van der Waals surface area (Å²) in [5, 5.41) is 11.8. The zero-order valence-electron chi connectivity index (χ0n) is 11.3. The number of carbonyl (C=O) groups is 2. The molecule has 0 heterocycles. The first-order chi connectivity index (χ1) is 9.51. The Balaban J connectivity index is 2.02. The summed E-state index contributed by atoms with van der Waals surface area (Å²) in [5.41, 5.74) is 6.01. The van der Waals surface area contributed by atoms with Gasteiger partial charge in [-0.05, 0) is 18.4 Å². The van der Waals surface area contributed by atoms with Crippen LogP contribution in [0.15, 0.2) is 30.3 Å². The van der Waals surface area contributed by atoms with Crippen LogP contribution in [0.2, 0.25) is 0 Å². The van der Waals surface area contributed by atoms with Crippen LogP contribution in [-0.2, 0) is 16.0 Å². The van der Waals surface area contributed by atoms with E-state index in [0.29, 0.717) is 12.8 Å². The number of hydrogen-bond donors (Lipinski definition) is 3. The van der Waals surface area contributed by atoms with Crippen LogP contribution in [0.5, 0.6) is 0 Å². The zero-order chi connectivity index (χ0) is 14.6. The molecule has 4 N–H and O–H groups in total. The monoisotopic (exact) mass is 276 g/mol. The molecule has 1 amide bonds. The molecule has 5 heteroatoms. The van der Waals surface area contributed by atoms with E-state index in [4.69, 9.17) is 5.73 Å². The summed E-state index contributed by atoms with van der Waals surface area (Å²) < 4.78 is 0. The highest BCUT2D eigenvalue weighted by Gasteiger charge is 2.38. The highest BCUT2D eigenvalue weighted by molar-refractivity contribution is 5.90. The van der Waals surface area contributed by atoms with Gasteiger partial charge in [0.05, 0.1) is 5.54 Å². The van der Waals surface area contributed by atoms with Crippen molar-refractivity contribution in [1.29, 1.82) is 0 Å². The molecule has 0 bridgehead atoms. The van der Waals surface area contributed by atoms with Gasteiger partial charge in [0.15, 0.2) is 0 Å². The van der Waals surface area contributed by atoms with Gasteiger partial charge in [-0.3, -0.25) is 4.79 Å². The van der Waals surface area contributed by atoms with Gasteiger partial charge < -0.3 is 16.2 Å². The van der Waals surface area contributed by atoms with Crippen LogP contribution in [-0.4, -0.2) is 28.6 Å². The fourth-order valence-electron chi connectivity index (χ4n) is 2.58. The predicted molar refractivity (Wildman–Crippen MR) is 75.1 cm³/mol. The summed E-state index contributed by atoms with van der Waals surface area (Å²) in [4.78, 5) is 23.5. The fourth-order valence-corrected chi connectivity index (χ4v) is 2.58. The Morgan fingerprint density at radius 2 is 1.85 bits per heavy atom. The third-order valence-corrected chi connectivity index (χ3v) is 3.83. The molecule has 1 aromatic rings. The fraction of sp³-hybridized carbons (Fsp3) is 0.467. The lowest BCUT2D eigenvalue weighted by atomic mass is 9.96. The lowest BCUT2D eigenvalue weighted by Crippen LogP contribution is -2.56. The highest BCUT2D eigenvalue weighted by atomic mass is 16.4. The van der Waals surface area contributed by atoms with Gasteiger partial charge in [0.25, 0.3) is 0 Å². The van der Waals surface area contributed by atoms with E-state index in [9.17, 15) is 14.7 Å². The number of aliphatic carboxylic acids is 1. The second-order valence-corrected chi connectivity index (χ2v) is 5.42. The van der Waals surface area contributed by atoms with Gasteiger partial charge >= 0.3 is 5.97 Å². The average molecular weight is 276 g/mol. The molecule has 108 valence electrons. The molecular formula is C15H20N2O3. The van der Waals surface area contributed by atoms with Crippen LogP contribution in [0, 0.1) is 0 Å². The molecule has 0 aliphatic heterocycles. The van der Waals surface area contributed by atoms with Crippen LogP contribution in [0.3, 0.4) is 0 Å². The van der Waals surface area contributed by atoms with Crippen molar-refractivity contribution in [3.63, 3.8) is 0 Å². The molecule has 1 unspecified atom stereocenters. The Hall–Kier alpha value is -1.88. The van der Waals surface area contributed by atoms with Gasteiger partial charge in [0.2, 0.25) is 5.91 Å². The predicted octanol–water partition coefficient (Wildman–Crippen LogP) is 1.07. The topological polar surface area (TPSA) is 92.4 Å². The Morgan fingerprint density at radius 1 is 1.25 bits per heavy atom. The first kappa shape index (κ1) is 14.5. The number of carbonyl (C=O) groups excluding carboxylic acids is 1. The molecule has 20 heavy (non-hydrogen) atoms. The van der Waals surface area contributed by atoms with Crippen molar-refractivity contribution in [2.24, 2.45) is 5.73 Å². The van der Waals surface area contributed by atoms with Crippen LogP contribution < -0.4 is 11.1 Å². The van der Waals surface area contributed by atoms with Crippen LogP contribution in [0.25, 0.3) is 0 Å². The molecule has 0 spiro atoms. The van der Waals surface area contributed by atoms with Gasteiger partial charge in [0, 0.05) is 6.42 Å². The maximum atomic E-state index is 12.2. The average Bonchev–Trinajstić information content (AvgIpc) is 2.87. The van der Waals surface area contributed by atoms with E-state index in [-0.39, 0.29) is 12.3 Å². The molecule has 2 rings (SSSR count). The third-order valence-electron chi connectivity index (χ3n) is 3.83. The van der Waals surface area contributed by atoms with E-state index in [0.717, 1.165) is 18.4 Å². The van der Waals surface area contributed by atoms with Crippen molar-refractivity contribution in [1.82, 2.24) is 5.32 Å². The summed E-state index contributed by atoms with van der Waals surface area (Å²) >= 11 is 0. The van der Waals surface area contributed by atoms with E-state index in [1.807, 2.05) is 30.3 Å². The SMILES string of the molecule is NC1(C(=O)NC(Cc2ccccc2)C(=O)O)CCCC1.